The molecule has 0 bridgehead atoms. The summed E-state index contributed by atoms with van der Waals surface area (Å²) in [7, 11) is 0. The fraction of sp³-hybridized carbons (Fsp3) is 0.364. The van der Waals surface area contributed by atoms with Gasteiger partial charge in [0, 0.05) is 34.7 Å². The number of nitrogens with zero attached hydrogens (tertiary/aromatic N) is 1. The fourth-order valence-corrected chi connectivity index (χ4v) is 2.25. The number of benzene rings is 1. The maximum absolute atomic E-state index is 11.7. The van der Waals surface area contributed by atoms with Crippen LogP contribution in [0.1, 0.15) is 12.0 Å². The Kier molecular flexibility index (Phi) is 3.10. The Morgan fingerprint density at radius 2 is 1.94 bits per heavy atom. The topological polar surface area (TPSA) is 46.3 Å². The number of nitrogens with two attached hydrogens (primary N) is 1. The van der Waals surface area contributed by atoms with Gasteiger partial charge in [0.05, 0.1) is 0 Å². The van der Waals surface area contributed by atoms with Gasteiger partial charge in [-0.15, -0.1) is 0 Å². The molecule has 2 N–H and O–H groups in total. The van der Waals surface area contributed by atoms with Gasteiger partial charge in [0.25, 0.3) is 0 Å². The molecular formula is C11H12Cl2N2O. The zero-order valence-electron chi connectivity index (χ0n) is 8.84. The lowest BCUT2D eigenvalue weighted by Crippen LogP contribution is -2.27. The van der Waals surface area contributed by atoms with Crippen LogP contribution in [0.25, 0.3) is 0 Å². The van der Waals surface area contributed by atoms with Gasteiger partial charge in [-0.2, -0.15) is 0 Å². The summed E-state index contributed by atoms with van der Waals surface area (Å²) in [6.45, 7) is 2.36. The Morgan fingerprint density at radius 1 is 1.38 bits per heavy atom. The van der Waals surface area contributed by atoms with E-state index in [0.29, 0.717) is 23.0 Å². The van der Waals surface area contributed by atoms with Gasteiger partial charge in [-0.1, -0.05) is 23.2 Å². The molecule has 86 valence electrons. The molecule has 1 amide bonds. The van der Waals surface area contributed by atoms with Gasteiger partial charge in [0.1, 0.15) is 0 Å². The van der Waals surface area contributed by atoms with E-state index in [2.05, 4.69) is 0 Å². The summed E-state index contributed by atoms with van der Waals surface area (Å²) in [6, 6.07) is 3.39. The summed E-state index contributed by atoms with van der Waals surface area (Å²) in [5.41, 5.74) is 7.27. The molecule has 0 spiro atoms. The highest BCUT2D eigenvalue weighted by Crippen LogP contribution is 2.31. The Bertz CT molecular complexity index is 425. The van der Waals surface area contributed by atoms with Crippen LogP contribution in [0, 0.1) is 6.92 Å². The molecule has 1 fully saturated rings. The van der Waals surface area contributed by atoms with Crippen LogP contribution >= 0.6 is 23.2 Å². The van der Waals surface area contributed by atoms with Gasteiger partial charge in [-0.25, -0.2) is 0 Å². The highest BCUT2D eigenvalue weighted by atomic mass is 35.5. The van der Waals surface area contributed by atoms with E-state index in [1.807, 2.05) is 6.92 Å². The molecule has 1 unspecified atom stereocenters. The Labute approximate surface area is 104 Å². The van der Waals surface area contributed by atoms with Crippen molar-refractivity contribution in [3.8, 4) is 0 Å². The zero-order valence-corrected chi connectivity index (χ0v) is 10.3. The average molecular weight is 259 g/mol. The smallest absolute Gasteiger partial charge is 0.228 e. The fourth-order valence-electron chi connectivity index (χ4n) is 1.77. The molecule has 16 heavy (non-hydrogen) atoms. The molecule has 0 radical (unpaired) electrons. The van der Waals surface area contributed by atoms with E-state index in [-0.39, 0.29) is 11.9 Å². The number of amides is 1. The van der Waals surface area contributed by atoms with Crippen molar-refractivity contribution in [1.82, 2.24) is 0 Å². The summed E-state index contributed by atoms with van der Waals surface area (Å²) in [6.07, 6.45) is 0.378. The summed E-state index contributed by atoms with van der Waals surface area (Å²) >= 11 is 12.1. The first kappa shape index (κ1) is 11.7. The third-order valence-corrected chi connectivity index (χ3v) is 3.52. The van der Waals surface area contributed by atoms with Crippen molar-refractivity contribution >= 4 is 34.8 Å². The van der Waals surface area contributed by atoms with E-state index < -0.39 is 0 Å². The molecule has 0 aromatic heterocycles. The summed E-state index contributed by atoms with van der Waals surface area (Å²) in [5, 5.41) is 1.13. The van der Waals surface area contributed by atoms with Crippen molar-refractivity contribution in [2.45, 2.75) is 19.4 Å². The van der Waals surface area contributed by atoms with Gasteiger partial charge in [0.2, 0.25) is 5.91 Å². The van der Waals surface area contributed by atoms with Gasteiger partial charge in [-0.3, -0.25) is 4.79 Å². The molecule has 2 rings (SSSR count). The predicted octanol–water partition coefficient (Wildman–Crippen LogP) is 2.37. The van der Waals surface area contributed by atoms with Crippen molar-refractivity contribution in [1.29, 1.82) is 0 Å². The standard InChI is InChI=1S/C11H12Cl2N2O/c1-6-9(12)3-8(4-10(6)13)15-5-7(14)2-11(15)16/h3-4,7H,2,5,14H2,1H3. The second kappa shape index (κ2) is 4.24. The van der Waals surface area contributed by atoms with E-state index in [1.54, 1.807) is 17.0 Å². The molecule has 1 heterocycles. The number of hydrogen-bond acceptors (Lipinski definition) is 2. The molecule has 1 atom stereocenters. The predicted molar refractivity (Wildman–Crippen MR) is 66.1 cm³/mol. The van der Waals surface area contributed by atoms with Crippen molar-refractivity contribution in [3.63, 3.8) is 0 Å². The molecule has 5 heteroatoms. The summed E-state index contributed by atoms with van der Waals surface area (Å²) in [4.78, 5) is 13.3. The van der Waals surface area contributed by atoms with E-state index in [9.17, 15) is 4.79 Å². The first-order chi connectivity index (χ1) is 7.49. The minimum atomic E-state index is -0.105. The second-order valence-electron chi connectivity index (χ2n) is 4.00. The molecule has 1 aromatic carbocycles. The number of carbonyl (C=O) groups excluding carboxylic acids is 1. The summed E-state index contributed by atoms with van der Waals surface area (Å²) < 4.78 is 0. The van der Waals surface area contributed by atoms with Crippen LogP contribution in [0.2, 0.25) is 10.0 Å². The van der Waals surface area contributed by atoms with E-state index >= 15 is 0 Å². The minimum Gasteiger partial charge on any atom is -0.326 e. The average Bonchev–Trinajstić information content (AvgIpc) is 2.53. The second-order valence-corrected chi connectivity index (χ2v) is 4.82. The van der Waals surface area contributed by atoms with Crippen LogP contribution in [0.15, 0.2) is 12.1 Å². The van der Waals surface area contributed by atoms with Crippen molar-refractivity contribution < 1.29 is 4.79 Å². The Balaban J connectivity index is 2.38. The van der Waals surface area contributed by atoms with Crippen molar-refractivity contribution in [3.05, 3.63) is 27.7 Å². The lowest BCUT2D eigenvalue weighted by atomic mass is 10.2. The first-order valence-electron chi connectivity index (χ1n) is 5.00. The van der Waals surface area contributed by atoms with Crippen molar-refractivity contribution in [2.24, 2.45) is 5.73 Å². The number of carbonyl (C=O) groups is 1. The molecule has 1 saturated heterocycles. The molecule has 0 saturated carbocycles. The van der Waals surface area contributed by atoms with Gasteiger partial charge in [-0.05, 0) is 24.6 Å². The first-order valence-corrected chi connectivity index (χ1v) is 5.76. The molecule has 1 aliphatic rings. The van der Waals surface area contributed by atoms with Crippen LogP contribution in [-0.2, 0) is 4.79 Å². The number of anilines is 1. The Morgan fingerprint density at radius 3 is 2.38 bits per heavy atom. The zero-order chi connectivity index (χ0) is 11.9. The molecule has 3 nitrogen and oxygen atoms in total. The Hall–Kier alpha value is -0.770. The van der Waals surface area contributed by atoms with Gasteiger partial charge >= 0.3 is 0 Å². The van der Waals surface area contributed by atoms with Gasteiger partial charge < -0.3 is 10.6 Å². The van der Waals surface area contributed by atoms with Crippen LogP contribution < -0.4 is 10.6 Å². The minimum absolute atomic E-state index is 0.0171. The lowest BCUT2D eigenvalue weighted by molar-refractivity contribution is -0.117. The number of rotatable bonds is 1. The number of halogens is 2. The maximum Gasteiger partial charge on any atom is 0.228 e. The largest absolute Gasteiger partial charge is 0.326 e. The van der Waals surface area contributed by atoms with E-state index in [4.69, 9.17) is 28.9 Å². The van der Waals surface area contributed by atoms with E-state index in [0.717, 1.165) is 11.3 Å². The normalized spacial score (nSPS) is 20.6. The van der Waals surface area contributed by atoms with Crippen LogP contribution in [-0.4, -0.2) is 18.5 Å². The quantitative estimate of drug-likeness (QED) is 0.841. The van der Waals surface area contributed by atoms with Crippen molar-refractivity contribution in [2.75, 3.05) is 11.4 Å². The van der Waals surface area contributed by atoms with Crippen LogP contribution in [0.3, 0.4) is 0 Å². The SMILES string of the molecule is Cc1c(Cl)cc(N2CC(N)CC2=O)cc1Cl. The number of hydrogen-bond donors (Lipinski definition) is 1. The molecule has 1 aliphatic heterocycles. The molecular weight excluding hydrogens is 247 g/mol. The van der Waals surface area contributed by atoms with Crippen LogP contribution in [0.4, 0.5) is 5.69 Å². The lowest BCUT2D eigenvalue weighted by Gasteiger charge is -2.17. The summed E-state index contributed by atoms with van der Waals surface area (Å²) in [5.74, 6) is 0.0171. The third kappa shape index (κ3) is 2.03. The molecule has 1 aromatic rings. The monoisotopic (exact) mass is 258 g/mol. The highest BCUT2D eigenvalue weighted by molar-refractivity contribution is 6.36. The maximum atomic E-state index is 11.7. The molecule has 0 aliphatic carbocycles. The highest BCUT2D eigenvalue weighted by Gasteiger charge is 2.28. The third-order valence-electron chi connectivity index (χ3n) is 2.73. The van der Waals surface area contributed by atoms with Gasteiger partial charge in [0.15, 0.2) is 0 Å². The van der Waals surface area contributed by atoms with Crippen LogP contribution in [0.5, 0.6) is 0 Å². The van der Waals surface area contributed by atoms with E-state index in [1.165, 1.54) is 0 Å².